The van der Waals surface area contributed by atoms with Crippen LogP contribution in [0.5, 0.6) is 0 Å². The molecule has 0 aliphatic heterocycles. The summed E-state index contributed by atoms with van der Waals surface area (Å²) in [7, 11) is 0. The highest BCUT2D eigenvalue weighted by atomic mass is 32.2. The van der Waals surface area contributed by atoms with Gasteiger partial charge < -0.3 is 0 Å². The molecule has 0 atom stereocenters. The lowest BCUT2D eigenvalue weighted by Gasteiger charge is -1.92. The van der Waals surface area contributed by atoms with Gasteiger partial charge in [0.15, 0.2) is 0 Å². The average Bonchev–Trinajstić information content (AvgIpc) is 2.65. The summed E-state index contributed by atoms with van der Waals surface area (Å²) in [6.45, 7) is 0. The van der Waals surface area contributed by atoms with Crippen molar-refractivity contribution in [2.24, 2.45) is 0 Å². The molecule has 0 saturated heterocycles. The fraction of sp³-hybridized carbons (Fsp3) is 0.100. The third-order valence-corrected chi connectivity index (χ3v) is 2.71. The SMILES string of the molecule is CSc1nn2ccc(C#N)cc2c1C#N. The van der Waals surface area contributed by atoms with E-state index < -0.39 is 0 Å². The van der Waals surface area contributed by atoms with Crippen LogP contribution in [0.3, 0.4) is 0 Å². The standard InChI is InChI=1S/C10H6N4S/c1-15-10-8(6-12)9-4-7(5-11)2-3-14(9)13-10/h2-4H,1H3. The second-order valence-corrected chi connectivity index (χ2v) is 3.65. The van der Waals surface area contributed by atoms with Crippen molar-refractivity contribution < 1.29 is 0 Å². The minimum atomic E-state index is 0.527. The first-order valence-corrected chi connectivity index (χ1v) is 5.39. The molecule has 0 unspecified atom stereocenters. The van der Waals surface area contributed by atoms with Crippen molar-refractivity contribution in [2.45, 2.75) is 5.03 Å². The molecular formula is C10H6N4S. The van der Waals surface area contributed by atoms with Gasteiger partial charge in [0.05, 0.1) is 17.1 Å². The van der Waals surface area contributed by atoms with Crippen LogP contribution in [0.15, 0.2) is 23.4 Å². The Balaban J connectivity index is 2.82. The average molecular weight is 214 g/mol. The van der Waals surface area contributed by atoms with Gasteiger partial charge in [0.1, 0.15) is 16.7 Å². The van der Waals surface area contributed by atoms with Gasteiger partial charge in [0.2, 0.25) is 0 Å². The molecule has 0 radical (unpaired) electrons. The molecule has 2 aromatic heterocycles. The summed E-state index contributed by atoms with van der Waals surface area (Å²) in [6, 6.07) is 7.49. The summed E-state index contributed by atoms with van der Waals surface area (Å²) in [4.78, 5) is 0. The van der Waals surface area contributed by atoms with E-state index in [0.717, 1.165) is 0 Å². The van der Waals surface area contributed by atoms with Crippen molar-refractivity contribution >= 4 is 17.3 Å². The van der Waals surface area contributed by atoms with Crippen molar-refractivity contribution in [2.75, 3.05) is 6.26 Å². The first-order chi connectivity index (χ1) is 7.30. The molecule has 0 saturated carbocycles. The summed E-state index contributed by atoms with van der Waals surface area (Å²) >= 11 is 1.42. The maximum atomic E-state index is 9.00. The fourth-order valence-corrected chi connectivity index (χ4v) is 1.87. The van der Waals surface area contributed by atoms with Crippen molar-refractivity contribution in [3.05, 3.63) is 29.5 Å². The minimum Gasteiger partial charge on any atom is -0.238 e. The molecule has 0 aliphatic rings. The van der Waals surface area contributed by atoms with Crippen LogP contribution in [0.2, 0.25) is 0 Å². The Labute approximate surface area is 90.7 Å². The van der Waals surface area contributed by atoms with E-state index in [2.05, 4.69) is 11.2 Å². The normalized spacial score (nSPS) is 9.80. The Morgan fingerprint density at radius 3 is 2.80 bits per heavy atom. The highest BCUT2D eigenvalue weighted by Crippen LogP contribution is 2.22. The molecular weight excluding hydrogens is 208 g/mol. The van der Waals surface area contributed by atoms with Gasteiger partial charge in [0.25, 0.3) is 0 Å². The van der Waals surface area contributed by atoms with Gasteiger partial charge in [-0.15, -0.1) is 11.8 Å². The van der Waals surface area contributed by atoms with Crippen molar-refractivity contribution in [1.82, 2.24) is 9.61 Å². The molecule has 72 valence electrons. The summed E-state index contributed by atoms with van der Waals surface area (Å²) in [6.07, 6.45) is 3.56. The van der Waals surface area contributed by atoms with Crippen LogP contribution in [0.4, 0.5) is 0 Å². The molecule has 2 aromatic rings. The van der Waals surface area contributed by atoms with E-state index in [9.17, 15) is 0 Å². The summed E-state index contributed by atoms with van der Waals surface area (Å²) in [5.74, 6) is 0. The minimum absolute atomic E-state index is 0.527. The predicted octanol–water partition coefficient (Wildman–Crippen LogP) is 1.80. The van der Waals surface area contributed by atoms with Crippen LogP contribution >= 0.6 is 11.8 Å². The van der Waals surface area contributed by atoms with Crippen LogP contribution in [0.1, 0.15) is 11.1 Å². The maximum Gasteiger partial charge on any atom is 0.137 e. The second-order valence-electron chi connectivity index (χ2n) is 2.85. The first-order valence-electron chi connectivity index (χ1n) is 4.16. The molecule has 0 spiro atoms. The largest absolute Gasteiger partial charge is 0.238 e. The highest BCUT2D eigenvalue weighted by Gasteiger charge is 2.11. The van der Waals surface area contributed by atoms with Gasteiger partial charge >= 0.3 is 0 Å². The van der Waals surface area contributed by atoms with Crippen LogP contribution in [-0.4, -0.2) is 15.9 Å². The van der Waals surface area contributed by atoms with Crippen LogP contribution < -0.4 is 0 Å². The molecule has 0 amide bonds. The third-order valence-electron chi connectivity index (χ3n) is 2.04. The van der Waals surface area contributed by atoms with Crippen molar-refractivity contribution in [1.29, 1.82) is 10.5 Å². The lowest BCUT2D eigenvalue weighted by molar-refractivity contribution is 0.900. The summed E-state index contributed by atoms with van der Waals surface area (Å²) in [5, 5.41) is 22.7. The van der Waals surface area contributed by atoms with Gasteiger partial charge in [-0.2, -0.15) is 15.6 Å². The smallest absolute Gasteiger partial charge is 0.137 e. The highest BCUT2D eigenvalue weighted by molar-refractivity contribution is 7.98. The topological polar surface area (TPSA) is 64.9 Å². The molecule has 2 heterocycles. The number of thioether (sulfide) groups is 1. The monoisotopic (exact) mass is 214 g/mol. The number of rotatable bonds is 1. The summed E-state index contributed by atoms with van der Waals surface area (Å²) < 4.78 is 1.62. The molecule has 0 N–H and O–H groups in total. The number of nitriles is 2. The van der Waals surface area contributed by atoms with Gasteiger partial charge in [-0.25, -0.2) is 4.52 Å². The zero-order chi connectivity index (χ0) is 10.8. The van der Waals surface area contributed by atoms with Gasteiger partial charge in [-0.05, 0) is 18.4 Å². The molecule has 0 aromatic carbocycles. The van der Waals surface area contributed by atoms with Crippen LogP contribution in [-0.2, 0) is 0 Å². The van der Waals surface area contributed by atoms with Crippen molar-refractivity contribution in [3.8, 4) is 12.1 Å². The van der Waals surface area contributed by atoms with E-state index in [1.165, 1.54) is 11.8 Å². The molecule has 15 heavy (non-hydrogen) atoms. The van der Waals surface area contributed by atoms with Crippen molar-refractivity contribution in [3.63, 3.8) is 0 Å². The fourth-order valence-electron chi connectivity index (χ4n) is 1.34. The summed E-state index contributed by atoms with van der Waals surface area (Å²) in [5.41, 5.74) is 1.74. The Morgan fingerprint density at radius 1 is 1.40 bits per heavy atom. The zero-order valence-electron chi connectivity index (χ0n) is 7.93. The van der Waals surface area contributed by atoms with Gasteiger partial charge in [-0.1, -0.05) is 0 Å². The Morgan fingerprint density at radius 2 is 2.20 bits per heavy atom. The third kappa shape index (κ3) is 1.43. The lowest BCUT2D eigenvalue weighted by atomic mass is 10.2. The number of aromatic nitrogens is 2. The van der Waals surface area contributed by atoms with Crippen LogP contribution in [0.25, 0.3) is 5.52 Å². The lowest BCUT2D eigenvalue weighted by Crippen LogP contribution is -1.86. The first kappa shape index (κ1) is 9.57. The van der Waals surface area contributed by atoms with E-state index in [4.69, 9.17) is 10.5 Å². The van der Waals surface area contributed by atoms with E-state index in [1.54, 1.807) is 22.8 Å². The van der Waals surface area contributed by atoms with Crippen LogP contribution in [0, 0.1) is 22.7 Å². The number of hydrogen-bond donors (Lipinski definition) is 0. The Kier molecular flexibility index (Phi) is 2.32. The van der Waals surface area contributed by atoms with Gasteiger partial charge in [0, 0.05) is 6.20 Å². The number of fused-ring (bicyclic) bond motifs is 1. The molecule has 2 rings (SSSR count). The number of hydrogen-bond acceptors (Lipinski definition) is 4. The zero-order valence-corrected chi connectivity index (χ0v) is 8.75. The Bertz CT molecular complexity index is 600. The molecule has 0 aliphatic carbocycles. The van der Waals surface area contributed by atoms with Gasteiger partial charge in [-0.3, -0.25) is 0 Å². The van der Waals surface area contributed by atoms with E-state index in [0.29, 0.717) is 21.7 Å². The maximum absolute atomic E-state index is 9.00. The number of nitrogens with zero attached hydrogens (tertiary/aromatic N) is 4. The Hall–Kier alpha value is -1.98. The number of pyridine rings is 1. The molecule has 4 nitrogen and oxygen atoms in total. The molecule has 0 bridgehead atoms. The molecule has 0 fully saturated rings. The molecule has 5 heteroatoms. The van der Waals surface area contributed by atoms with E-state index in [-0.39, 0.29) is 0 Å². The van der Waals surface area contributed by atoms with E-state index >= 15 is 0 Å². The van der Waals surface area contributed by atoms with E-state index in [1.807, 2.05) is 12.3 Å². The predicted molar refractivity (Wildman–Crippen MR) is 56.4 cm³/mol. The second kappa shape index (κ2) is 3.64. The quantitative estimate of drug-likeness (QED) is 0.679.